The van der Waals surface area contributed by atoms with Gasteiger partial charge in [-0.25, -0.2) is 4.39 Å². The first-order valence-electron chi connectivity index (χ1n) is 10.3. The molecule has 1 N–H and O–H groups in total. The number of carbonyl (C=O) groups is 2. The number of halogens is 3. The zero-order valence-electron chi connectivity index (χ0n) is 17.6. The maximum atomic E-state index is 14.9. The number of nitrogens with zero attached hydrogens (tertiary/aromatic N) is 1. The van der Waals surface area contributed by atoms with Crippen molar-refractivity contribution in [1.29, 1.82) is 0 Å². The van der Waals surface area contributed by atoms with Crippen molar-refractivity contribution < 1.29 is 37.3 Å². The molecule has 0 atom stereocenters. The van der Waals surface area contributed by atoms with E-state index in [9.17, 15) is 22.8 Å². The van der Waals surface area contributed by atoms with E-state index in [1.807, 2.05) is 6.92 Å². The molecule has 1 amide bonds. The fourth-order valence-corrected chi connectivity index (χ4v) is 3.98. The molecule has 1 aliphatic heterocycles. The molecule has 0 aliphatic carbocycles. The van der Waals surface area contributed by atoms with Crippen LogP contribution in [0.15, 0.2) is 42.5 Å². The van der Waals surface area contributed by atoms with Gasteiger partial charge in [-0.05, 0) is 41.6 Å². The van der Waals surface area contributed by atoms with E-state index in [1.54, 1.807) is 18.2 Å². The lowest BCUT2D eigenvalue weighted by Crippen LogP contribution is -2.24. The van der Waals surface area contributed by atoms with Crippen LogP contribution in [0.2, 0.25) is 0 Å². The number of benzene rings is 3. The van der Waals surface area contributed by atoms with E-state index in [0.717, 1.165) is 17.4 Å². The molecular weight excluding hydrogens is 439 g/mol. The third-order valence-corrected chi connectivity index (χ3v) is 5.31. The molecule has 0 bridgehead atoms. The summed E-state index contributed by atoms with van der Waals surface area (Å²) in [5, 5.41) is 9.84. The van der Waals surface area contributed by atoms with Gasteiger partial charge in [0.15, 0.2) is 0 Å². The molecule has 0 radical (unpaired) electrons. The Hall–Kier alpha value is -3.75. The normalized spacial score (nSPS) is 13.0. The van der Waals surface area contributed by atoms with Gasteiger partial charge in [0, 0.05) is 10.9 Å². The standard InChI is InChI=1S/C24H20F3NO5/c1-2-8-32-18-5-3-4-14-11-19(33-24(26)27)15-12-28(23(31)22(15)21(14)18)17-7-6-13(9-16(17)25)10-20(29)30/h3-7,9,11,24H,2,8,10,12H2,1H3,(H,29,30). The second-order valence-electron chi connectivity index (χ2n) is 7.56. The van der Waals surface area contributed by atoms with Gasteiger partial charge in [0.25, 0.3) is 5.91 Å². The highest BCUT2D eigenvalue weighted by Crippen LogP contribution is 2.43. The van der Waals surface area contributed by atoms with Crippen molar-refractivity contribution >= 4 is 28.3 Å². The van der Waals surface area contributed by atoms with Gasteiger partial charge in [0.2, 0.25) is 0 Å². The number of carbonyl (C=O) groups excluding carboxylic acids is 1. The SMILES string of the molecule is CCCOc1cccc2cc(OC(F)F)c3c(c12)C(=O)N(c1ccc(CC(=O)O)cc1F)C3. The molecule has 0 saturated heterocycles. The molecular formula is C24H20F3NO5. The molecule has 1 heterocycles. The van der Waals surface area contributed by atoms with Crippen LogP contribution in [-0.2, 0) is 17.8 Å². The lowest BCUT2D eigenvalue weighted by Gasteiger charge is -2.17. The molecule has 6 nitrogen and oxygen atoms in total. The number of fused-ring (bicyclic) bond motifs is 3. The Balaban J connectivity index is 1.85. The van der Waals surface area contributed by atoms with Gasteiger partial charge in [0.1, 0.15) is 17.3 Å². The third-order valence-electron chi connectivity index (χ3n) is 5.31. The average Bonchev–Trinajstić information content (AvgIpc) is 3.09. The van der Waals surface area contributed by atoms with Crippen LogP contribution < -0.4 is 14.4 Å². The van der Waals surface area contributed by atoms with E-state index in [1.165, 1.54) is 18.2 Å². The molecule has 3 aromatic carbocycles. The van der Waals surface area contributed by atoms with Crippen LogP contribution in [0.5, 0.6) is 11.5 Å². The summed E-state index contributed by atoms with van der Waals surface area (Å²) in [6, 6.07) is 10.2. The predicted octanol–water partition coefficient (Wildman–Crippen LogP) is 5.16. The van der Waals surface area contributed by atoms with Crippen molar-refractivity contribution in [2.75, 3.05) is 11.5 Å². The summed E-state index contributed by atoms with van der Waals surface area (Å²) in [7, 11) is 0. The first kappa shape index (κ1) is 22.4. The Morgan fingerprint density at radius 1 is 1.18 bits per heavy atom. The molecule has 4 rings (SSSR count). The number of aliphatic carboxylic acids is 1. The van der Waals surface area contributed by atoms with Crippen LogP contribution in [0.1, 0.15) is 34.8 Å². The second kappa shape index (κ2) is 9.01. The van der Waals surface area contributed by atoms with Gasteiger partial charge >= 0.3 is 12.6 Å². The van der Waals surface area contributed by atoms with Gasteiger partial charge in [-0.2, -0.15) is 8.78 Å². The monoisotopic (exact) mass is 459 g/mol. The summed E-state index contributed by atoms with van der Waals surface area (Å²) in [6.45, 7) is -0.986. The minimum absolute atomic E-state index is 0.0894. The molecule has 33 heavy (non-hydrogen) atoms. The number of carboxylic acid groups (broad SMARTS) is 1. The Bertz CT molecular complexity index is 1240. The zero-order chi connectivity index (χ0) is 23.7. The fourth-order valence-electron chi connectivity index (χ4n) is 3.98. The van der Waals surface area contributed by atoms with Gasteiger partial charge in [0.05, 0.1) is 30.8 Å². The maximum absolute atomic E-state index is 14.9. The van der Waals surface area contributed by atoms with E-state index in [4.69, 9.17) is 14.6 Å². The Morgan fingerprint density at radius 2 is 1.97 bits per heavy atom. The van der Waals surface area contributed by atoms with Crippen molar-refractivity contribution in [3.8, 4) is 11.5 Å². The highest BCUT2D eigenvalue weighted by molar-refractivity contribution is 6.19. The molecule has 0 fully saturated rings. The summed E-state index contributed by atoms with van der Waals surface area (Å²) < 4.78 is 51.6. The topological polar surface area (TPSA) is 76.1 Å². The molecule has 9 heteroatoms. The smallest absolute Gasteiger partial charge is 0.387 e. The summed E-state index contributed by atoms with van der Waals surface area (Å²) in [4.78, 5) is 25.5. The summed E-state index contributed by atoms with van der Waals surface area (Å²) in [5.74, 6) is -2.25. The molecule has 172 valence electrons. The van der Waals surface area contributed by atoms with Crippen LogP contribution in [0.4, 0.5) is 18.9 Å². The summed E-state index contributed by atoms with van der Waals surface area (Å²) >= 11 is 0. The number of carboxylic acids is 1. The maximum Gasteiger partial charge on any atom is 0.387 e. The first-order valence-corrected chi connectivity index (χ1v) is 10.3. The van der Waals surface area contributed by atoms with Crippen molar-refractivity contribution in [2.24, 2.45) is 0 Å². The Labute approximate surface area is 187 Å². The van der Waals surface area contributed by atoms with Crippen LogP contribution in [-0.4, -0.2) is 30.2 Å². The number of rotatable bonds is 8. The third kappa shape index (κ3) is 4.30. The molecule has 0 aromatic heterocycles. The van der Waals surface area contributed by atoms with E-state index in [2.05, 4.69) is 0 Å². The van der Waals surface area contributed by atoms with Crippen LogP contribution in [0, 0.1) is 5.82 Å². The van der Waals surface area contributed by atoms with Gasteiger partial charge in [-0.15, -0.1) is 0 Å². The fraction of sp³-hybridized carbons (Fsp3) is 0.250. The minimum Gasteiger partial charge on any atom is -0.493 e. The first-order chi connectivity index (χ1) is 15.8. The number of anilines is 1. The van der Waals surface area contributed by atoms with Crippen molar-refractivity contribution in [2.45, 2.75) is 32.9 Å². The number of hydrogen-bond donors (Lipinski definition) is 1. The second-order valence-corrected chi connectivity index (χ2v) is 7.56. The van der Waals surface area contributed by atoms with Crippen LogP contribution >= 0.6 is 0 Å². The molecule has 0 saturated carbocycles. The molecule has 1 aliphatic rings. The lowest BCUT2D eigenvalue weighted by molar-refractivity contribution is -0.136. The average molecular weight is 459 g/mol. The minimum atomic E-state index is -3.11. The van der Waals surface area contributed by atoms with Crippen LogP contribution in [0.3, 0.4) is 0 Å². The number of hydrogen-bond acceptors (Lipinski definition) is 4. The van der Waals surface area contributed by atoms with E-state index >= 15 is 0 Å². The predicted molar refractivity (Wildman–Crippen MR) is 115 cm³/mol. The van der Waals surface area contributed by atoms with Gasteiger partial charge < -0.3 is 19.5 Å². The number of amides is 1. The zero-order valence-corrected chi connectivity index (χ0v) is 17.6. The van der Waals surface area contributed by atoms with Crippen molar-refractivity contribution in [3.05, 3.63) is 65.0 Å². The van der Waals surface area contributed by atoms with Crippen molar-refractivity contribution in [1.82, 2.24) is 0 Å². The number of alkyl halides is 2. The Morgan fingerprint density at radius 3 is 2.64 bits per heavy atom. The number of ether oxygens (including phenoxy) is 2. The lowest BCUT2D eigenvalue weighted by atomic mass is 9.98. The quantitative estimate of drug-likeness (QED) is 0.504. The summed E-state index contributed by atoms with van der Waals surface area (Å²) in [6.07, 6.45) is 0.347. The van der Waals surface area contributed by atoms with E-state index in [-0.39, 0.29) is 41.1 Å². The molecule has 0 unspecified atom stereocenters. The Kier molecular flexibility index (Phi) is 6.13. The van der Waals surface area contributed by atoms with E-state index in [0.29, 0.717) is 23.1 Å². The van der Waals surface area contributed by atoms with Crippen molar-refractivity contribution in [3.63, 3.8) is 0 Å². The van der Waals surface area contributed by atoms with Gasteiger partial charge in [-0.3, -0.25) is 9.59 Å². The summed E-state index contributed by atoms with van der Waals surface area (Å²) in [5.41, 5.74) is 0.460. The van der Waals surface area contributed by atoms with E-state index < -0.39 is 24.3 Å². The highest BCUT2D eigenvalue weighted by atomic mass is 19.3. The molecule has 0 spiro atoms. The highest BCUT2D eigenvalue weighted by Gasteiger charge is 2.36. The van der Waals surface area contributed by atoms with Gasteiger partial charge in [-0.1, -0.05) is 25.1 Å². The van der Waals surface area contributed by atoms with Crippen LogP contribution in [0.25, 0.3) is 10.8 Å². The molecule has 3 aromatic rings. The largest absolute Gasteiger partial charge is 0.493 e.